The van der Waals surface area contributed by atoms with Gasteiger partial charge in [-0.1, -0.05) is 29.8 Å². The normalized spacial score (nSPS) is 17.9. The van der Waals surface area contributed by atoms with Crippen LogP contribution in [0.5, 0.6) is 0 Å². The number of rotatable bonds is 2. The van der Waals surface area contributed by atoms with Crippen LogP contribution >= 0.6 is 11.3 Å². The van der Waals surface area contributed by atoms with E-state index in [2.05, 4.69) is 59.4 Å². The van der Waals surface area contributed by atoms with Gasteiger partial charge in [0.05, 0.1) is 18.3 Å². The third kappa shape index (κ3) is 3.25. The molecule has 156 valence electrons. The number of hydrogen-bond donors (Lipinski definition) is 1. The maximum absolute atomic E-state index is 13.5. The summed E-state index contributed by atoms with van der Waals surface area (Å²) in [5.41, 5.74) is 6.39. The molecule has 0 saturated carbocycles. The van der Waals surface area contributed by atoms with Crippen molar-refractivity contribution in [1.82, 2.24) is 14.8 Å². The quantitative estimate of drug-likeness (QED) is 0.564. The fourth-order valence-corrected chi connectivity index (χ4v) is 6.22. The zero-order chi connectivity index (χ0) is 20.8. The van der Waals surface area contributed by atoms with Crippen LogP contribution in [-0.4, -0.2) is 21.5 Å². The van der Waals surface area contributed by atoms with Gasteiger partial charge in [-0.2, -0.15) is 0 Å². The molecule has 5 rings (SSSR count). The number of aromatic nitrogens is 1. The first-order valence-corrected chi connectivity index (χ1v) is 11.8. The van der Waals surface area contributed by atoms with Crippen LogP contribution in [0.3, 0.4) is 0 Å². The smallest absolute Gasteiger partial charge is 0.318 e. The highest BCUT2D eigenvalue weighted by Crippen LogP contribution is 2.44. The highest BCUT2D eigenvalue weighted by atomic mass is 32.1. The Morgan fingerprint density at radius 3 is 2.63 bits per heavy atom. The van der Waals surface area contributed by atoms with E-state index >= 15 is 0 Å². The van der Waals surface area contributed by atoms with Crippen LogP contribution in [-0.2, 0) is 19.4 Å². The van der Waals surface area contributed by atoms with Gasteiger partial charge in [-0.15, -0.1) is 11.3 Å². The molecule has 0 radical (unpaired) electrons. The van der Waals surface area contributed by atoms with Gasteiger partial charge in [-0.25, -0.2) is 4.79 Å². The number of hydrogen-bond acceptors (Lipinski definition) is 2. The van der Waals surface area contributed by atoms with Crippen LogP contribution in [0, 0.1) is 6.92 Å². The van der Waals surface area contributed by atoms with Crippen molar-refractivity contribution in [1.29, 1.82) is 0 Å². The molecular weight excluding hydrogens is 390 g/mol. The average Bonchev–Trinajstić information content (AvgIpc) is 3.30. The molecule has 3 aromatic rings. The van der Waals surface area contributed by atoms with Crippen LogP contribution in [0.25, 0.3) is 5.00 Å². The zero-order valence-electron chi connectivity index (χ0n) is 17.9. The molecule has 4 nitrogen and oxygen atoms in total. The summed E-state index contributed by atoms with van der Waals surface area (Å²) in [5.74, 6) is 0. The summed E-state index contributed by atoms with van der Waals surface area (Å²) in [5, 5.41) is 4.46. The minimum atomic E-state index is -0.113. The number of fused-ring (bicyclic) bond motifs is 5. The van der Waals surface area contributed by atoms with E-state index in [1.54, 1.807) is 0 Å². The second-order valence-electron chi connectivity index (χ2n) is 8.84. The van der Waals surface area contributed by atoms with Crippen molar-refractivity contribution in [3.63, 3.8) is 0 Å². The van der Waals surface area contributed by atoms with E-state index < -0.39 is 0 Å². The Morgan fingerprint density at radius 2 is 1.87 bits per heavy atom. The molecule has 0 spiro atoms. The standard InChI is InChI=1S/C25H29N3OS/c1-16(2)26-25(29)28-15-20-19-7-4-5-9-22(19)30-24(20)27-14-6-8-21(27)23(28)18-12-10-17(3)11-13-18/h6,8,10-14,16,23H,4-5,7,9,15H2,1-3H3,(H,26,29)/t23-/m0/s1. The number of thiophene rings is 1. The van der Waals surface area contributed by atoms with Crippen LogP contribution in [0.1, 0.15) is 65.6 Å². The van der Waals surface area contributed by atoms with Gasteiger partial charge in [-0.05, 0) is 69.7 Å². The molecule has 0 unspecified atom stereocenters. The lowest BCUT2D eigenvalue weighted by Gasteiger charge is -2.32. The second kappa shape index (κ2) is 7.62. The molecule has 2 aromatic heterocycles. The predicted molar refractivity (Wildman–Crippen MR) is 123 cm³/mol. The molecule has 0 bridgehead atoms. The highest BCUT2D eigenvalue weighted by molar-refractivity contribution is 7.15. The van der Waals surface area contributed by atoms with E-state index in [9.17, 15) is 4.79 Å². The van der Waals surface area contributed by atoms with Gasteiger partial charge in [0.2, 0.25) is 0 Å². The number of amides is 2. The number of benzene rings is 1. The van der Waals surface area contributed by atoms with Crippen LogP contribution < -0.4 is 5.32 Å². The van der Waals surface area contributed by atoms with Crippen LogP contribution in [0.15, 0.2) is 42.6 Å². The van der Waals surface area contributed by atoms with E-state index in [1.807, 2.05) is 30.1 Å². The molecule has 5 heteroatoms. The van der Waals surface area contributed by atoms with Gasteiger partial charge in [-0.3, -0.25) is 0 Å². The minimum absolute atomic E-state index is 0.00642. The number of carbonyl (C=O) groups excluding carboxylic acids is 1. The van der Waals surface area contributed by atoms with Gasteiger partial charge >= 0.3 is 6.03 Å². The summed E-state index contributed by atoms with van der Waals surface area (Å²) in [6, 6.07) is 12.9. The number of urea groups is 1. The fraction of sp³-hybridized carbons (Fsp3) is 0.400. The Bertz CT molecular complexity index is 1080. The Hall–Kier alpha value is -2.53. The summed E-state index contributed by atoms with van der Waals surface area (Å²) >= 11 is 1.93. The van der Waals surface area contributed by atoms with Gasteiger partial charge < -0.3 is 14.8 Å². The summed E-state index contributed by atoms with van der Waals surface area (Å²) in [6.45, 7) is 6.81. The van der Waals surface area contributed by atoms with Gasteiger partial charge in [0.1, 0.15) is 5.00 Å². The molecule has 1 aliphatic heterocycles. The highest BCUT2D eigenvalue weighted by Gasteiger charge is 2.36. The van der Waals surface area contributed by atoms with E-state index in [0.717, 1.165) is 17.7 Å². The van der Waals surface area contributed by atoms with Crippen molar-refractivity contribution in [2.75, 3.05) is 0 Å². The Balaban J connectivity index is 1.69. The van der Waals surface area contributed by atoms with Gasteiger partial charge in [0.15, 0.2) is 0 Å². The largest absolute Gasteiger partial charge is 0.336 e. The first-order chi connectivity index (χ1) is 14.5. The number of aryl methyl sites for hydroxylation is 2. The monoisotopic (exact) mass is 419 g/mol. The van der Waals surface area contributed by atoms with Crippen molar-refractivity contribution in [2.24, 2.45) is 0 Å². The summed E-state index contributed by atoms with van der Waals surface area (Å²) in [7, 11) is 0. The Labute approximate surface area is 182 Å². The first-order valence-electron chi connectivity index (χ1n) is 11.0. The summed E-state index contributed by atoms with van der Waals surface area (Å²) in [6.07, 6.45) is 6.99. The molecule has 2 aliphatic rings. The number of nitrogens with one attached hydrogen (secondary N) is 1. The van der Waals surface area contributed by atoms with Crippen molar-refractivity contribution in [3.8, 4) is 5.00 Å². The van der Waals surface area contributed by atoms with Crippen molar-refractivity contribution < 1.29 is 4.79 Å². The molecule has 0 fully saturated rings. The minimum Gasteiger partial charge on any atom is -0.336 e. The third-order valence-corrected chi connectivity index (χ3v) is 7.58. The molecule has 1 aromatic carbocycles. The molecule has 2 amide bonds. The third-order valence-electron chi connectivity index (χ3n) is 6.24. The number of carbonyl (C=O) groups is 1. The zero-order valence-corrected chi connectivity index (χ0v) is 18.8. The lowest BCUT2D eigenvalue weighted by Crippen LogP contribution is -2.44. The fourth-order valence-electron chi connectivity index (χ4n) is 4.82. The Kier molecular flexibility index (Phi) is 4.94. The molecule has 1 atom stereocenters. The molecule has 1 N–H and O–H groups in total. The first kappa shape index (κ1) is 19.4. The van der Waals surface area contributed by atoms with E-state index in [-0.39, 0.29) is 18.1 Å². The molecular formula is C25H29N3OS. The van der Waals surface area contributed by atoms with Crippen molar-refractivity contribution in [2.45, 2.75) is 65.1 Å². The summed E-state index contributed by atoms with van der Waals surface area (Å²) < 4.78 is 2.34. The number of nitrogens with zero attached hydrogens (tertiary/aromatic N) is 2. The molecule has 30 heavy (non-hydrogen) atoms. The predicted octanol–water partition coefficient (Wildman–Crippen LogP) is 5.75. The van der Waals surface area contributed by atoms with Gasteiger partial charge in [0, 0.05) is 22.7 Å². The maximum atomic E-state index is 13.5. The molecule has 0 saturated heterocycles. The summed E-state index contributed by atoms with van der Waals surface area (Å²) in [4.78, 5) is 17.0. The topological polar surface area (TPSA) is 37.3 Å². The SMILES string of the molecule is Cc1ccc([C@H]2c3cccn3-c3sc4c(c3CN2C(=O)NC(C)C)CCCC4)cc1. The van der Waals surface area contributed by atoms with Crippen LogP contribution in [0.4, 0.5) is 4.79 Å². The molecule has 3 heterocycles. The van der Waals surface area contributed by atoms with E-state index in [1.165, 1.54) is 45.8 Å². The lowest BCUT2D eigenvalue weighted by molar-refractivity contribution is 0.178. The molecule has 1 aliphatic carbocycles. The van der Waals surface area contributed by atoms with Crippen molar-refractivity contribution in [3.05, 3.63) is 75.4 Å². The van der Waals surface area contributed by atoms with E-state index in [4.69, 9.17) is 0 Å². The maximum Gasteiger partial charge on any atom is 0.318 e. The van der Waals surface area contributed by atoms with Crippen molar-refractivity contribution >= 4 is 17.4 Å². The van der Waals surface area contributed by atoms with Crippen LogP contribution in [0.2, 0.25) is 0 Å². The second-order valence-corrected chi connectivity index (χ2v) is 9.93. The Morgan fingerprint density at radius 1 is 1.10 bits per heavy atom. The van der Waals surface area contributed by atoms with E-state index in [0.29, 0.717) is 6.54 Å². The van der Waals surface area contributed by atoms with Gasteiger partial charge in [0.25, 0.3) is 0 Å². The lowest BCUT2D eigenvalue weighted by atomic mass is 9.95. The average molecular weight is 420 g/mol.